The number of aromatic amines is 1. The number of imidazole rings is 1. The van der Waals surface area contributed by atoms with E-state index in [-0.39, 0.29) is 11.7 Å². The van der Waals surface area contributed by atoms with E-state index in [1.165, 1.54) is 0 Å². The van der Waals surface area contributed by atoms with Crippen molar-refractivity contribution in [2.75, 3.05) is 44.4 Å². The predicted molar refractivity (Wildman–Crippen MR) is 148 cm³/mol. The lowest BCUT2D eigenvalue weighted by Crippen LogP contribution is -2.37. The fraction of sp³-hybridized carbons (Fsp3) is 0.276. The highest BCUT2D eigenvalue weighted by Crippen LogP contribution is 2.35. The fourth-order valence-corrected chi connectivity index (χ4v) is 5.35. The van der Waals surface area contributed by atoms with Crippen LogP contribution in [0, 0.1) is 0 Å². The van der Waals surface area contributed by atoms with Gasteiger partial charge in [-0.15, -0.1) is 0 Å². The molecule has 8 nitrogen and oxygen atoms in total. The molecule has 2 aromatic carbocycles. The summed E-state index contributed by atoms with van der Waals surface area (Å²) in [6, 6.07) is 18.2. The van der Waals surface area contributed by atoms with Crippen LogP contribution in [0.2, 0.25) is 0 Å². The smallest absolute Gasteiger partial charge is 0.176 e. The SMILES string of the molecule is CN(C)c1ccc(C(=O)CN2CCC(c3nc(-c4cc5ccccc5[nH]4)c4c(N)nccn34)CC2)cc1. The maximum atomic E-state index is 12.9. The molecule has 0 radical (unpaired) electrons. The number of carbonyl (C=O) groups excluding carboxylic acids is 1. The van der Waals surface area contributed by atoms with Crippen molar-refractivity contribution in [3.05, 3.63) is 78.4 Å². The van der Waals surface area contributed by atoms with E-state index in [0.717, 1.165) is 70.8 Å². The summed E-state index contributed by atoms with van der Waals surface area (Å²) in [4.78, 5) is 30.1. The van der Waals surface area contributed by atoms with Gasteiger partial charge in [0, 0.05) is 54.6 Å². The van der Waals surface area contributed by atoms with E-state index in [1.54, 1.807) is 6.20 Å². The number of likely N-dealkylation sites (tertiary alicyclic amines) is 1. The molecule has 1 aliphatic heterocycles. The fourth-order valence-electron chi connectivity index (χ4n) is 5.35. The van der Waals surface area contributed by atoms with Crippen LogP contribution >= 0.6 is 0 Å². The molecule has 4 heterocycles. The molecule has 1 aliphatic rings. The van der Waals surface area contributed by atoms with Crippen molar-refractivity contribution in [2.24, 2.45) is 0 Å². The van der Waals surface area contributed by atoms with E-state index in [1.807, 2.05) is 61.6 Å². The largest absolute Gasteiger partial charge is 0.382 e. The van der Waals surface area contributed by atoms with Gasteiger partial charge in [-0.3, -0.25) is 14.1 Å². The molecule has 37 heavy (non-hydrogen) atoms. The molecule has 0 unspecified atom stereocenters. The van der Waals surface area contributed by atoms with Gasteiger partial charge >= 0.3 is 0 Å². The minimum atomic E-state index is 0.162. The van der Waals surface area contributed by atoms with Crippen molar-refractivity contribution in [2.45, 2.75) is 18.8 Å². The van der Waals surface area contributed by atoms with Gasteiger partial charge in [0.25, 0.3) is 0 Å². The average Bonchev–Trinajstić information content (AvgIpc) is 3.52. The Balaban J connectivity index is 1.21. The first-order chi connectivity index (χ1) is 18.0. The number of para-hydroxylation sites is 1. The number of benzene rings is 2. The molecule has 0 amide bonds. The zero-order valence-electron chi connectivity index (χ0n) is 21.2. The first kappa shape index (κ1) is 23.2. The number of H-pyrrole nitrogens is 1. The van der Waals surface area contributed by atoms with Crippen LogP contribution in [0.3, 0.4) is 0 Å². The Kier molecular flexibility index (Phi) is 5.88. The molecular formula is C29H31N7O. The quantitative estimate of drug-likeness (QED) is 0.336. The van der Waals surface area contributed by atoms with Crippen molar-refractivity contribution in [1.29, 1.82) is 0 Å². The van der Waals surface area contributed by atoms with E-state index in [9.17, 15) is 4.79 Å². The standard InChI is InChI=1S/C29H31N7O/c1-34(2)22-9-7-19(8-10-22)25(37)18-35-14-11-20(12-15-35)29-33-26(27-28(30)31-13-16-36(27)29)24-17-21-5-3-4-6-23(21)32-24/h3-10,13,16-17,20,32H,11-12,14-15,18H2,1-2H3,(H2,30,31). The number of piperidine rings is 1. The summed E-state index contributed by atoms with van der Waals surface area (Å²) in [6.45, 7) is 2.14. The summed E-state index contributed by atoms with van der Waals surface area (Å²) < 4.78 is 2.10. The molecule has 5 aromatic rings. The van der Waals surface area contributed by atoms with Crippen LogP contribution in [0.4, 0.5) is 11.5 Å². The molecule has 0 spiro atoms. The Morgan fingerprint density at radius 3 is 2.59 bits per heavy atom. The summed E-state index contributed by atoms with van der Waals surface area (Å²) >= 11 is 0. The van der Waals surface area contributed by atoms with E-state index < -0.39 is 0 Å². The first-order valence-electron chi connectivity index (χ1n) is 12.7. The van der Waals surface area contributed by atoms with Crippen LogP contribution in [-0.2, 0) is 0 Å². The van der Waals surface area contributed by atoms with Crippen LogP contribution in [0.5, 0.6) is 0 Å². The van der Waals surface area contributed by atoms with Gasteiger partial charge in [-0.2, -0.15) is 0 Å². The van der Waals surface area contributed by atoms with Gasteiger partial charge in [-0.1, -0.05) is 18.2 Å². The van der Waals surface area contributed by atoms with Crippen molar-refractivity contribution < 1.29 is 4.79 Å². The molecule has 188 valence electrons. The number of Topliss-reactive ketones (excluding diaryl/α,β-unsaturated/α-hetero) is 1. The molecule has 3 aromatic heterocycles. The van der Waals surface area contributed by atoms with Crippen LogP contribution < -0.4 is 10.6 Å². The number of hydrogen-bond acceptors (Lipinski definition) is 6. The second-order valence-electron chi connectivity index (χ2n) is 10.0. The van der Waals surface area contributed by atoms with Crippen molar-refractivity contribution in [3.8, 4) is 11.4 Å². The number of rotatable bonds is 6. The molecule has 0 atom stereocenters. The monoisotopic (exact) mass is 493 g/mol. The average molecular weight is 494 g/mol. The third-order valence-corrected chi connectivity index (χ3v) is 7.42. The summed E-state index contributed by atoms with van der Waals surface area (Å²) in [7, 11) is 4.00. The minimum absolute atomic E-state index is 0.162. The molecular weight excluding hydrogens is 462 g/mol. The lowest BCUT2D eigenvalue weighted by molar-refractivity contribution is 0.0908. The minimum Gasteiger partial charge on any atom is -0.382 e. The van der Waals surface area contributed by atoms with Gasteiger partial charge < -0.3 is 15.6 Å². The maximum Gasteiger partial charge on any atom is 0.176 e. The third kappa shape index (κ3) is 4.34. The van der Waals surface area contributed by atoms with E-state index in [0.29, 0.717) is 12.4 Å². The number of nitrogen functional groups attached to an aromatic ring is 1. The number of fused-ring (bicyclic) bond motifs is 2. The normalized spacial score (nSPS) is 15.0. The van der Waals surface area contributed by atoms with E-state index in [2.05, 4.69) is 37.5 Å². The lowest BCUT2D eigenvalue weighted by Gasteiger charge is -2.30. The van der Waals surface area contributed by atoms with Crippen molar-refractivity contribution in [1.82, 2.24) is 24.3 Å². The van der Waals surface area contributed by atoms with Crippen molar-refractivity contribution >= 4 is 33.7 Å². The maximum absolute atomic E-state index is 12.9. The molecule has 8 heteroatoms. The Morgan fingerprint density at radius 1 is 1.11 bits per heavy atom. The molecule has 0 aliphatic carbocycles. The summed E-state index contributed by atoms with van der Waals surface area (Å²) in [6.07, 6.45) is 5.55. The number of anilines is 2. The predicted octanol–water partition coefficient (Wildman–Crippen LogP) is 4.59. The highest BCUT2D eigenvalue weighted by molar-refractivity contribution is 5.98. The highest BCUT2D eigenvalue weighted by atomic mass is 16.1. The summed E-state index contributed by atoms with van der Waals surface area (Å²) in [5.74, 6) is 1.91. The zero-order valence-corrected chi connectivity index (χ0v) is 21.2. The second kappa shape index (κ2) is 9.37. The zero-order chi connectivity index (χ0) is 25.5. The van der Waals surface area contributed by atoms with E-state index >= 15 is 0 Å². The number of ketones is 1. The number of carbonyl (C=O) groups is 1. The Labute approximate surface area is 215 Å². The molecule has 1 fully saturated rings. The number of nitrogens with one attached hydrogen (secondary N) is 1. The van der Waals surface area contributed by atoms with Gasteiger partial charge in [0.15, 0.2) is 5.78 Å². The second-order valence-corrected chi connectivity index (χ2v) is 10.0. The van der Waals surface area contributed by atoms with Gasteiger partial charge in [-0.25, -0.2) is 9.97 Å². The topological polar surface area (TPSA) is 95.5 Å². The summed E-state index contributed by atoms with van der Waals surface area (Å²) in [5, 5.41) is 1.14. The van der Waals surface area contributed by atoms with Crippen LogP contribution in [-0.4, -0.2) is 63.8 Å². The van der Waals surface area contributed by atoms with Crippen molar-refractivity contribution in [3.63, 3.8) is 0 Å². The molecule has 0 saturated carbocycles. The lowest BCUT2D eigenvalue weighted by atomic mass is 9.95. The Bertz CT molecular complexity index is 1540. The van der Waals surface area contributed by atoms with E-state index in [4.69, 9.17) is 10.7 Å². The van der Waals surface area contributed by atoms with Gasteiger partial charge in [0.1, 0.15) is 22.9 Å². The third-order valence-electron chi connectivity index (χ3n) is 7.42. The van der Waals surface area contributed by atoms with Crippen LogP contribution in [0.15, 0.2) is 67.0 Å². The molecule has 0 bridgehead atoms. The Morgan fingerprint density at radius 2 is 1.86 bits per heavy atom. The number of hydrogen-bond donors (Lipinski definition) is 2. The molecule has 3 N–H and O–H groups in total. The number of nitrogens with zero attached hydrogens (tertiary/aromatic N) is 5. The molecule has 6 rings (SSSR count). The first-order valence-corrected chi connectivity index (χ1v) is 12.7. The van der Waals surface area contributed by atoms with Crippen LogP contribution in [0.25, 0.3) is 27.8 Å². The number of aromatic nitrogens is 4. The van der Waals surface area contributed by atoms with Crippen LogP contribution in [0.1, 0.15) is 34.9 Å². The highest BCUT2D eigenvalue weighted by Gasteiger charge is 2.28. The van der Waals surface area contributed by atoms with Gasteiger partial charge in [0.05, 0.1) is 12.2 Å². The Hall–Kier alpha value is -4.17. The van der Waals surface area contributed by atoms with Gasteiger partial charge in [-0.05, 0) is 62.3 Å². The molecule has 1 saturated heterocycles. The number of nitrogens with two attached hydrogens (primary N) is 1. The summed E-state index contributed by atoms with van der Waals surface area (Å²) in [5.41, 5.74) is 11.9. The van der Waals surface area contributed by atoms with Gasteiger partial charge in [0.2, 0.25) is 0 Å².